The minimum atomic E-state index is -0.793. The van der Waals surface area contributed by atoms with Gasteiger partial charge in [0, 0.05) is 27.9 Å². The summed E-state index contributed by atoms with van der Waals surface area (Å²) in [5.41, 5.74) is 1.50. The summed E-state index contributed by atoms with van der Waals surface area (Å²) >= 11 is 7.79. The second-order valence-electron chi connectivity index (χ2n) is 7.90. The normalized spacial score (nSPS) is 22.9. The van der Waals surface area contributed by atoms with E-state index in [2.05, 4.69) is 10.3 Å². The number of hydrogen-bond acceptors (Lipinski definition) is 8. The highest BCUT2D eigenvalue weighted by molar-refractivity contribution is 7.11. The van der Waals surface area contributed by atoms with Crippen molar-refractivity contribution in [2.45, 2.75) is 31.7 Å². The Hall–Kier alpha value is -2.78. The van der Waals surface area contributed by atoms with Gasteiger partial charge in [-0.2, -0.15) is 0 Å². The minimum absolute atomic E-state index is 0.0350. The monoisotopic (exact) mass is 491 g/mol. The Kier molecular flexibility index (Phi) is 7.09. The molecule has 174 valence electrons. The van der Waals surface area contributed by atoms with E-state index < -0.39 is 17.8 Å². The van der Waals surface area contributed by atoms with Gasteiger partial charge in [-0.05, 0) is 43.7 Å². The Morgan fingerprint density at radius 2 is 1.94 bits per heavy atom. The van der Waals surface area contributed by atoms with E-state index in [0.717, 1.165) is 0 Å². The molecule has 1 N–H and O–H groups in total. The Labute approximate surface area is 199 Å². The van der Waals surface area contributed by atoms with Crippen LogP contribution in [0.4, 0.5) is 4.39 Å². The first-order valence-corrected chi connectivity index (χ1v) is 11.8. The van der Waals surface area contributed by atoms with Gasteiger partial charge >= 0.3 is 11.9 Å². The maximum atomic E-state index is 13.8. The number of benzene rings is 1. The number of hydrogen-bond donors (Lipinski definition) is 1. The number of methoxy groups -OCH3 is 2. The number of thiazole rings is 1. The molecular formula is C23H23ClFN3O4S. The van der Waals surface area contributed by atoms with Crippen molar-refractivity contribution in [2.75, 3.05) is 14.2 Å². The van der Waals surface area contributed by atoms with Crippen LogP contribution in [0.3, 0.4) is 0 Å². The van der Waals surface area contributed by atoms with Gasteiger partial charge < -0.3 is 14.8 Å². The SMILES string of the molecule is COC(=O)C1=C([C@H]2CC[C@H](C(=O)OC)CC2)NC(c2nccs2)=NC1c1ccc(F)cc1Cl. The predicted molar refractivity (Wildman–Crippen MR) is 122 cm³/mol. The number of carbonyl (C=O) groups excluding carboxylic acids is 2. The molecular weight excluding hydrogens is 469 g/mol. The summed E-state index contributed by atoms with van der Waals surface area (Å²) in [6.45, 7) is 0. The van der Waals surface area contributed by atoms with Crippen LogP contribution < -0.4 is 5.32 Å². The number of amidine groups is 1. The van der Waals surface area contributed by atoms with Crippen LogP contribution in [0.1, 0.15) is 42.3 Å². The third kappa shape index (κ3) is 4.79. The fraction of sp³-hybridized carbons (Fsp3) is 0.391. The molecule has 1 aromatic heterocycles. The quantitative estimate of drug-likeness (QED) is 0.622. The van der Waals surface area contributed by atoms with Gasteiger partial charge in [0.05, 0.1) is 25.7 Å². The zero-order valence-corrected chi connectivity index (χ0v) is 19.7. The fourth-order valence-corrected chi connectivity index (χ4v) is 5.26. The van der Waals surface area contributed by atoms with Crippen molar-refractivity contribution >= 4 is 40.7 Å². The topological polar surface area (TPSA) is 89.9 Å². The van der Waals surface area contributed by atoms with Gasteiger partial charge in [-0.25, -0.2) is 14.2 Å². The molecule has 2 aromatic rings. The van der Waals surface area contributed by atoms with Gasteiger partial charge in [-0.3, -0.25) is 9.79 Å². The second kappa shape index (κ2) is 10.0. The van der Waals surface area contributed by atoms with E-state index in [4.69, 9.17) is 26.1 Å². The smallest absolute Gasteiger partial charge is 0.338 e. The van der Waals surface area contributed by atoms with Crippen LogP contribution >= 0.6 is 22.9 Å². The lowest BCUT2D eigenvalue weighted by atomic mass is 9.78. The molecule has 2 heterocycles. The number of allylic oxidation sites excluding steroid dienone is 1. The highest BCUT2D eigenvalue weighted by Gasteiger charge is 2.38. The molecule has 4 rings (SSSR count). The summed E-state index contributed by atoms with van der Waals surface area (Å²) in [7, 11) is 2.70. The van der Waals surface area contributed by atoms with E-state index in [0.29, 0.717) is 53.4 Å². The minimum Gasteiger partial charge on any atom is -0.469 e. The van der Waals surface area contributed by atoms with Gasteiger partial charge in [-0.1, -0.05) is 17.7 Å². The van der Waals surface area contributed by atoms with Crippen molar-refractivity contribution in [3.8, 4) is 0 Å². The summed E-state index contributed by atoms with van der Waals surface area (Å²) < 4.78 is 23.8. The average molecular weight is 492 g/mol. The summed E-state index contributed by atoms with van der Waals surface area (Å²) in [5.74, 6) is -0.924. The fourth-order valence-electron chi connectivity index (χ4n) is 4.40. The Bertz CT molecular complexity index is 1110. The van der Waals surface area contributed by atoms with E-state index >= 15 is 0 Å². The number of ether oxygens (including phenoxy) is 2. The molecule has 0 bridgehead atoms. The molecule has 0 saturated heterocycles. The number of rotatable bonds is 5. The first kappa shape index (κ1) is 23.4. The van der Waals surface area contributed by atoms with Crippen molar-refractivity contribution in [3.05, 3.63) is 62.5 Å². The van der Waals surface area contributed by atoms with Gasteiger partial charge in [0.1, 0.15) is 11.9 Å². The third-order valence-electron chi connectivity index (χ3n) is 6.04. The molecule has 0 radical (unpaired) electrons. The van der Waals surface area contributed by atoms with Crippen LogP contribution in [0.2, 0.25) is 5.02 Å². The van der Waals surface area contributed by atoms with E-state index in [-0.39, 0.29) is 22.8 Å². The maximum Gasteiger partial charge on any atom is 0.338 e. The molecule has 7 nitrogen and oxygen atoms in total. The average Bonchev–Trinajstić information content (AvgIpc) is 3.37. The lowest BCUT2D eigenvalue weighted by Crippen LogP contribution is -2.38. The molecule has 1 aromatic carbocycles. The zero-order chi connectivity index (χ0) is 23.5. The van der Waals surface area contributed by atoms with Crippen molar-refractivity contribution in [1.29, 1.82) is 0 Å². The summed E-state index contributed by atoms with van der Waals surface area (Å²) in [4.78, 5) is 34.1. The van der Waals surface area contributed by atoms with Crippen LogP contribution in [0.15, 0.2) is 46.0 Å². The maximum absolute atomic E-state index is 13.8. The first-order valence-electron chi connectivity index (χ1n) is 10.5. The largest absolute Gasteiger partial charge is 0.469 e. The van der Waals surface area contributed by atoms with Crippen LogP contribution in [0.25, 0.3) is 0 Å². The number of aromatic nitrogens is 1. The molecule has 1 unspecified atom stereocenters. The molecule has 0 spiro atoms. The molecule has 1 saturated carbocycles. The molecule has 1 aliphatic carbocycles. The Morgan fingerprint density at radius 3 is 2.55 bits per heavy atom. The Morgan fingerprint density at radius 1 is 1.18 bits per heavy atom. The summed E-state index contributed by atoms with van der Waals surface area (Å²) in [5, 5.41) is 5.98. The van der Waals surface area contributed by atoms with Gasteiger partial charge in [0.25, 0.3) is 0 Å². The molecule has 10 heteroatoms. The standard InChI is InChI=1S/C23H23ClFN3O4S/c1-31-22(29)13-5-3-12(4-6-13)18-17(23(30)32-2)19(15-8-7-14(25)11-16(15)24)28-20(27-18)21-26-9-10-33-21/h7-13,19H,3-6H2,1-2H3,(H,27,28)/t12-,13-,19?. The highest BCUT2D eigenvalue weighted by Crippen LogP contribution is 2.42. The lowest BCUT2D eigenvalue weighted by Gasteiger charge is -2.34. The van der Waals surface area contributed by atoms with Crippen molar-refractivity contribution in [2.24, 2.45) is 16.8 Å². The first-order chi connectivity index (χ1) is 15.9. The number of carbonyl (C=O) groups is 2. The molecule has 33 heavy (non-hydrogen) atoms. The molecule has 1 aliphatic heterocycles. The third-order valence-corrected chi connectivity index (χ3v) is 7.15. The molecule has 1 atom stereocenters. The predicted octanol–water partition coefficient (Wildman–Crippen LogP) is 4.43. The number of aliphatic imine (C=N–C) groups is 1. The van der Waals surface area contributed by atoms with Crippen molar-refractivity contribution < 1.29 is 23.5 Å². The van der Waals surface area contributed by atoms with Crippen LogP contribution in [-0.4, -0.2) is 37.0 Å². The van der Waals surface area contributed by atoms with Crippen molar-refractivity contribution in [1.82, 2.24) is 10.3 Å². The number of halogens is 2. The van der Waals surface area contributed by atoms with E-state index in [1.807, 2.05) is 5.38 Å². The van der Waals surface area contributed by atoms with E-state index in [9.17, 15) is 14.0 Å². The Balaban J connectivity index is 1.79. The second-order valence-corrected chi connectivity index (χ2v) is 9.20. The summed E-state index contributed by atoms with van der Waals surface area (Å²) in [6.07, 6.45) is 4.31. The van der Waals surface area contributed by atoms with Crippen LogP contribution in [0, 0.1) is 17.7 Å². The molecule has 1 fully saturated rings. The van der Waals surface area contributed by atoms with Gasteiger partial charge in [-0.15, -0.1) is 11.3 Å². The van der Waals surface area contributed by atoms with Crippen molar-refractivity contribution in [3.63, 3.8) is 0 Å². The number of nitrogens with one attached hydrogen (secondary N) is 1. The number of nitrogens with zero attached hydrogens (tertiary/aromatic N) is 2. The highest BCUT2D eigenvalue weighted by atomic mass is 35.5. The number of esters is 2. The molecule has 2 aliphatic rings. The van der Waals surface area contributed by atoms with E-state index in [1.54, 1.807) is 6.20 Å². The summed E-state index contributed by atoms with van der Waals surface area (Å²) in [6, 6.07) is 3.23. The van der Waals surface area contributed by atoms with E-state index in [1.165, 1.54) is 43.8 Å². The van der Waals surface area contributed by atoms with Crippen LogP contribution in [-0.2, 0) is 19.1 Å². The molecule has 0 amide bonds. The van der Waals surface area contributed by atoms with Gasteiger partial charge in [0.2, 0.25) is 0 Å². The lowest BCUT2D eigenvalue weighted by molar-refractivity contribution is -0.146. The van der Waals surface area contributed by atoms with Crippen LogP contribution in [0.5, 0.6) is 0 Å². The van der Waals surface area contributed by atoms with Gasteiger partial charge in [0.15, 0.2) is 10.8 Å². The zero-order valence-electron chi connectivity index (χ0n) is 18.1.